The molecule has 2 atom stereocenters. The highest BCUT2D eigenvalue weighted by atomic mass is 16.6. The zero-order valence-corrected chi connectivity index (χ0v) is 13.3. The normalized spacial score (nSPS) is 24.8. The first-order chi connectivity index (χ1) is 10.8. The standard InChI is InChI=1S/C18H26N2O2/c1-19-16-9-5-6-10-17(16)20(15-11-12-15)18(21)22-13-14-7-3-2-4-8-14/h2-4,7-8,15-17,19H,5-6,9-13H2,1H3/t16-,17-/m1/s1. The Morgan fingerprint density at radius 3 is 2.59 bits per heavy atom. The van der Waals surface area contributed by atoms with Crippen LogP contribution in [0.1, 0.15) is 44.1 Å². The topological polar surface area (TPSA) is 41.6 Å². The summed E-state index contributed by atoms with van der Waals surface area (Å²) in [5.41, 5.74) is 1.04. The second kappa shape index (κ2) is 7.14. The Kier molecular flexibility index (Phi) is 4.98. The molecular formula is C18H26N2O2. The molecule has 4 heteroatoms. The predicted molar refractivity (Wildman–Crippen MR) is 86.6 cm³/mol. The van der Waals surface area contributed by atoms with Crippen LogP contribution in [0, 0.1) is 0 Å². The Morgan fingerprint density at radius 2 is 1.91 bits per heavy atom. The van der Waals surface area contributed by atoms with E-state index in [2.05, 4.69) is 5.32 Å². The molecule has 1 amide bonds. The maximum Gasteiger partial charge on any atom is 0.410 e. The fourth-order valence-electron chi connectivity index (χ4n) is 3.48. The molecule has 0 aromatic heterocycles. The molecule has 0 aliphatic heterocycles. The van der Waals surface area contributed by atoms with Crippen LogP contribution in [0.3, 0.4) is 0 Å². The summed E-state index contributed by atoms with van der Waals surface area (Å²) in [5, 5.41) is 3.40. The van der Waals surface area contributed by atoms with Crippen LogP contribution in [0.2, 0.25) is 0 Å². The van der Waals surface area contributed by atoms with E-state index < -0.39 is 0 Å². The third-order valence-corrected chi connectivity index (χ3v) is 4.81. The largest absolute Gasteiger partial charge is 0.445 e. The van der Waals surface area contributed by atoms with Gasteiger partial charge in [0.15, 0.2) is 0 Å². The van der Waals surface area contributed by atoms with Gasteiger partial charge in [-0.25, -0.2) is 4.79 Å². The van der Waals surface area contributed by atoms with Crippen molar-refractivity contribution in [2.24, 2.45) is 0 Å². The maximum absolute atomic E-state index is 12.6. The molecule has 120 valence electrons. The number of nitrogens with zero attached hydrogens (tertiary/aromatic N) is 1. The van der Waals surface area contributed by atoms with Crippen molar-refractivity contribution in [1.29, 1.82) is 0 Å². The molecule has 4 nitrogen and oxygen atoms in total. The molecule has 0 heterocycles. The number of ether oxygens (including phenoxy) is 1. The van der Waals surface area contributed by atoms with Crippen LogP contribution in [-0.2, 0) is 11.3 Å². The Morgan fingerprint density at radius 1 is 1.18 bits per heavy atom. The molecule has 1 N–H and O–H groups in total. The number of carbonyl (C=O) groups excluding carboxylic acids is 1. The molecule has 3 rings (SSSR count). The van der Waals surface area contributed by atoms with E-state index in [1.165, 1.54) is 12.8 Å². The van der Waals surface area contributed by atoms with Gasteiger partial charge in [-0.15, -0.1) is 0 Å². The summed E-state index contributed by atoms with van der Waals surface area (Å²) >= 11 is 0. The maximum atomic E-state index is 12.6. The van der Waals surface area contributed by atoms with E-state index in [0.717, 1.165) is 31.2 Å². The van der Waals surface area contributed by atoms with Gasteiger partial charge in [0.1, 0.15) is 6.61 Å². The van der Waals surface area contributed by atoms with Crippen LogP contribution in [0.5, 0.6) is 0 Å². The summed E-state index contributed by atoms with van der Waals surface area (Å²) in [6.45, 7) is 0.361. The molecule has 0 radical (unpaired) electrons. The number of carbonyl (C=O) groups is 1. The van der Waals surface area contributed by atoms with Gasteiger partial charge in [0, 0.05) is 12.1 Å². The zero-order chi connectivity index (χ0) is 15.4. The van der Waals surface area contributed by atoms with Crippen molar-refractivity contribution < 1.29 is 9.53 Å². The summed E-state index contributed by atoms with van der Waals surface area (Å²) in [7, 11) is 2.00. The Bertz CT molecular complexity index is 487. The van der Waals surface area contributed by atoms with Gasteiger partial charge in [0.25, 0.3) is 0 Å². The number of hydrogen-bond donors (Lipinski definition) is 1. The van der Waals surface area contributed by atoms with Crippen LogP contribution in [0.25, 0.3) is 0 Å². The summed E-state index contributed by atoms with van der Waals surface area (Å²) in [6.07, 6.45) is 6.79. The molecule has 1 aromatic carbocycles. The van der Waals surface area contributed by atoms with E-state index in [1.54, 1.807) is 0 Å². The Balaban J connectivity index is 1.64. The van der Waals surface area contributed by atoms with Crippen molar-refractivity contribution in [2.75, 3.05) is 7.05 Å². The predicted octanol–water partition coefficient (Wildman–Crippen LogP) is 3.32. The third kappa shape index (κ3) is 3.61. The van der Waals surface area contributed by atoms with Gasteiger partial charge in [0.2, 0.25) is 0 Å². The first-order valence-corrected chi connectivity index (χ1v) is 8.46. The van der Waals surface area contributed by atoms with Gasteiger partial charge in [-0.3, -0.25) is 0 Å². The lowest BCUT2D eigenvalue weighted by molar-refractivity contribution is 0.0591. The second-order valence-electron chi connectivity index (χ2n) is 6.43. The fourth-order valence-corrected chi connectivity index (χ4v) is 3.48. The number of benzene rings is 1. The average molecular weight is 302 g/mol. The Hall–Kier alpha value is -1.55. The molecule has 2 saturated carbocycles. The smallest absolute Gasteiger partial charge is 0.410 e. The SMILES string of the molecule is CN[C@@H]1CCCC[C@H]1N(C(=O)OCc1ccccc1)C1CC1. The molecule has 0 saturated heterocycles. The van der Waals surface area contributed by atoms with Crippen molar-refractivity contribution in [1.82, 2.24) is 10.2 Å². The molecule has 0 unspecified atom stereocenters. The highest BCUT2D eigenvalue weighted by Crippen LogP contribution is 2.34. The van der Waals surface area contributed by atoms with Crippen molar-refractivity contribution in [2.45, 2.75) is 63.3 Å². The number of hydrogen-bond acceptors (Lipinski definition) is 3. The highest BCUT2D eigenvalue weighted by molar-refractivity contribution is 5.69. The fraction of sp³-hybridized carbons (Fsp3) is 0.611. The number of nitrogens with one attached hydrogen (secondary N) is 1. The molecular weight excluding hydrogens is 276 g/mol. The molecule has 2 aliphatic carbocycles. The Labute approximate surface area is 132 Å². The van der Waals surface area contributed by atoms with Gasteiger partial charge >= 0.3 is 6.09 Å². The van der Waals surface area contributed by atoms with Crippen LogP contribution in [0.4, 0.5) is 4.79 Å². The van der Waals surface area contributed by atoms with E-state index in [4.69, 9.17) is 4.74 Å². The van der Waals surface area contributed by atoms with Crippen molar-refractivity contribution in [3.8, 4) is 0 Å². The summed E-state index contributed by atoms with van der Waals surface area (Å²) in [4.78, 5) is 14.7. The van der Waals surface area contributed by atoms with Gasteiger partial charge in [0.05, 0.1) is 6.04 Å². The van der Waals surface area contributed by atoms with Crippen LogP contribution in [-0.4, -0.2) is 36.2 Å². The van der Waals surface area contributed by atoms with E-state index in [0.29, 0.717) is 18.7 Å². The first kappa shape index (κ1) is 15.3. The number of likely N-dealkylation sites (N-methyl/N-ethyl adjacent to an activating group) is 1. The van der Waals surface area contributed by atoms with Gasteiger partial charge < -0.3 is 15.0 Å². The zero-order valence-electron chi connectivity index (χ0n) is 13.3. The van der Waals surface area contributed by atoms with Crippen molar-refractivity contribution >= 4 is 6.09 Å². The molecule has 2 aliphatic rings. The molecule has 22 heavy (non-hydrogen) atoms. The third-order valence-electron chi connectivity index (χ3n) is 4.81. The summed E-state index contributed by atoms with van der Waals surface area (Å²) in [5.74, 6) is 0. The minimum atomic E-state index is -0.140. The summed E-state index contributed by atoms with van der Waals surface area (Å²) in [6, 6.07) is 11.0. The molecule has 0 bridgehead atoms. The van der Waals surface area contributed by atoms with E-state index in [-0.39, 0.29) is 12.1 Å². The van der Waals surface area contributed by atoms with Gasteiger partial charge in [-0.1, -0.05) is 43.2 Å². The molecule has 2 fully saturated rings. The quantitative estimate of drug-likeness (QED) is 0.907. The van der Waals surface area contributed by atoms with Crippen LogP contribution < -0.4 is 5.32 Å². The molecule has 0 spiro atoms. The second-order valence-corrected chi connectivity index (χ2v) is 6.43. The molecule has 1 aromatic rings. The average Bonchev–Trinajstić information content (AvgIpc) is 3.39. The first-order valence-electron chi connectivity index (χ1n) is 8.46. The number of amides is 1. The van der Waals surface area contributed by atoms with Crippen LogP contribution in [0.15, 0.2) is 30.3 Å². The van der Waals surface area contributed by atoms with E-state index >= 15 is 0 Å². The minimum Gasteiger partial charge on any atom is -0.445 e. The summed E-state index contributed by atoms with van der Waals surface area (Å²) < 4.78 is 5.60. The minimum absolute atomic E-state index is 0.140. The number of rotatable bonds is 5. The van der Waals surface area contributed by atoms with Crippen molar-refractivity contribution in [3.63, 3.8) is 0 Å². The monoisotopic (exact) mass is 302 g/mol. The van der Waals surface area contributed by atoms with Gasteiger partial charge in [-0.2, -0.15) is 0 Å². The van der Waals surface area contributed by atoms with E-state index in [9.17, 15) is 4.79 Å². The lowest BCUT2D eigenvalue weighted by atomic mass is 9.89. The van der Waals surface area contributed by atoms with E-state index in [1.807, 2.05) is 42.3 Å². The lowest BCUT2D eigenvalue weighted by Crippen LogP contribution is -2.54. The lowest BCUT2D eigenvalue weighted by Gasteiger charge is -2.39. The van der Waals surface area contributed by atoms with Crippen LogP contribution >= 0.6 is 0 Å². The highest BCUT2D eigenvalue weighted by Gasteiger charge is 2.41. The van der Waals surface area contributed by atoms with Crippen molar-refractivity contribution in [3.05, 3.63) is 35.9 Å². The van der Waals surface area contributed by atoms with Gasteiger partial charge in [-0.05, 0) is 38.3 Å².